The van der Waals surface area contributed by atoms with Crippen LogP contribution in [0.4, 0.5) is 0 Å². The third kappa shape index (κ3) is 2.01. The van der Waals surface area contributed by atoms with Gasteiger partial charge in [0.25, 0.3) is 0 Å². The van der Waals surface area contributed by atoms with Gasteiger partial charge in [-0.05, 0) is 43.4 Å². The Labute approximate surface area is 123 Å². The highest BCUT2D eigenvalue weighted by molar-refractivity contribution is 5.89. The van der Waals surface area contributed by atoms with Gasteiger partial charge in [0, 0.05) is 6.04 Å². The van der Waals surface area contributed by atoms with E-state index in [0.717, 1.165) is 18.8 Å². The molecule has 0 aromatic heterocycles. The third-order valence-electron chi connectivity index (χ3n) is 6.24. The molecule has 4 atom stereocenters. The third-order valence-corrected chi connectivity index (χ3v) is 6.24. The fourth-order valence-electron chi connectivity index (χ4n) is 4.70. The van der Waals surface area contributed by atoms with E-state index >= 15 is 0 Å². The molecule has 3 rings (SSSR count). The Morgan fingerprint density at radius 3 is 2.35 bits per heavy atom. The van der Waals surface area contributed by atoms with Crippen molar-refractivity contribution >= 4 is 5.91 Å². The molecule has 1 amide bonds. The number of nitrogens with one attached hydrogen (secondary N) is 1. The van der Waals surface area contributed by atoms with Crippen molar-refractivity contribution in [3.8, 4) is 0 Å². The van der Waals surface area contributed by atoms with Crippen molar-refractivity contribution < 1.29 is 4.79 Å². The van der Waals surface area contributed by atoms with E-state index in [-0.39, 0.29) is 11.7 Å². The van der Waals surface area contributed by atoms with Gasteiger partial charge >= 0.3 is 0 Å². The molecule has 20 heavy (non-hydrogen) atoms. The molecule has 3 nitrogen and oxygen atoms in total. The first kappa shape index (κ1) is 14.4. The second-order valence-electron chi connectivity index (χ2n) is 7.82. The predicted octanol–water partition coefficient (Wildman–Crippen LogP) is 3.15. The van der Waals surface area contributed by atoms with Crippen LogP contribution < -0.4 is 5.32 Å². The average molecular weight is 278 g/mol. The Kier molecular flexibility index (Phi) is 3.60. The minimum absolute atomic E-state index is 0.208. The van der Waals surface area contributed by atoms with Gasteiger partial charge in [-0.15, -0.1) is 0 Å². The first-order chi connectivity index (χ1) is 9.46. The molecule has 1 N–H and O–H groups in total. The summed E-state index contributed by atoms with van der Waals surface area (Å²) in [4.78, 5) is 15.4. The van der Waals surface area contributed by atoms with Gasteiger partial charge in [-0.2, -0.15) is 0 Å². The summed E-state index contributed by atoms with van der Waals surface area (Å²) in [5.74, 6) is 2.29. The normalized spacial score (nSPS) is 40.5. The van der Waals surface area contributed by atoms with Gasteiger partial charge in [-0.1, -0.05) is 40.5 Å². The quantitative estimate of drug-likeness (QED) is 0.841. The maximum atomic E-state index is 13.1. The Hall–Kier alpha value is -0.570. The van der Waals surface area contributed by atoms with Crippen LogP contribution in [0.5, 0.6) is 0 Å². The lowest BCUT2D eigenvalue weighted by molar-refractivity contribution is -0.136. The number of amides is 1. The maximum absolute atomic E-state index is 13.1. The van der Waals surface area contributed by atoms with E-state index in [1.165, 1.54) is 25.7 Å². The van der Waals surface area contributed by atoms with Crippen LogP contribution in [0.2, 0.25) is 0 Å². The Morgan fingerprint density at radius 2 is 1.85 bits per heavy atom. The summed E-state index contributed by atoms with van der Waals surface area (Å²) in [7, 11) is 0. The van der Waals surface area contributed by atoms with Crippen molar-refractivity contribution in [1.82, 2.24) is 10.2 Å². The second kappa shape index (κ2) is 5.01. The lowest BCUT2D eigenvalue weighted by Gasteiger charge is -2.35. The first-order valence-electron chi connectivity index (χ1n) is 8.57. The fourth-order valence-corrected chi connectivity index (χ4v) is 4.70. The van der Waals surface area contributed by atoms with Crippen molar-refractivity contribution in [2.75, 3.05) is 0 Å². The average Bonchev–Trinajstić information content (AvgIpc) is 3.06. The standard InChI is InChI=1S/C17H30N2O/c1-11(2)15-18-17(9-5-6-10-17)16(20)19(15)14-8-7-12(3)13(14)4/h11-15,18H,5-10H2,1-4H3. The zero-order chi connectivity index (χ0) is 14.5. The van der Waals surface area contributed by atoms with Crippen LogP contribution in [0.3, 0.4) is 0 Å². The van der Waals surface area contributed by atoms with E-state index in [9.17, 15) is 4.79 Å². The molecule has 2 aliphatic carbocycles. The predicted molar refractivity (Wildman–Crippen MR) is 81.2 cm³/mol. The van der Waals surface area contributed by atoms with E-state index in [1.807, 2.05) is 0 Å². The molecule has 0 bridgehead atoms. The Bertz CT molecular complexity index is 386. The molecule has 1 saturated heterocycles. The Morgan fingerprint density at radius 1 is 1.20 bits per heavy atom. The molecule has 2 saturated carbocycles. The van der Waals surface area contributed by atoms with Crippen LogP contribution in [0.25, 0.3) is 0 Å². The minimum Gasteiger partial charge on any atom is -0.322 e. The van der Waals surface area contributed by atoms with Crippen LogP contribution in [0.1, 0.15) is 66.2 Å². The topological polar surface area (TPSA) is 32.3 Å². The molecule has 1 spiro atoms. The zero-order valence-electron chi connectivity index (χ0n) is 13.5. The second-order valence-corrected chi connectivity index (χ2v) is 7.82. The van der Waals surface area contributed by atoms with E-state index < -0.39 is 0 Å². The molecule has 3 aliphatic rings. The molecule has 3 fully saturated rings. The van der Waals surface area contributed by atoms with Gasteiger partial charge in [-0.25, -0.2) is 0 Å². The van der Waals surface area contributed by atoms with Gasteiger partial charge < -0.3 is 4.90 Å². The number of hydrogen-bond acceptors (Lipinski definition) is 2. The van der Waals surface area contributed by atoms with E-state index in [2.05, 4.69) is 37.9 Å². The summed E-state index contributed by atoms with van der Waals surface area (Å²) < 4.78 is 0. The van der Waals surface area contributed by atoms with Crippen LogP contribution in [-0.4, -0.2) is 28.6 Å². The summed E-state index contributed by atoms with van der Waals surface area (Å²) in [6.07, 6.45) is 7.20. The molecule has 114 valence electrons. The van der Waals surface area contributed by atoms with Crippen molar-refractivity contribution in [2.45, 2.75) is 84.0 Å². The molecule has 1 aliphatic heterocycles. The number of hydrogen-bond donors (Lipinski definition) is 1. The molecule has 1 heterocycles. The van der Waals surface area contributed by atoms with E-state index in [1.54, 1.807) is 0 Å². The van der Waals surface area contributed by atoms with Crippen LogP contribution in [0, 0.1) is 17.8 Å². The van der Waals surface area contributed by atoms with Gasteiger partial charge in [0.2, 0.25) is 5.91 Å². The van der Waals surface area contributed by atoms with Gasteiger partial charge in [0.15, 0.2) is 0 Å². The van der Waals surface area contributed by atoms with Gasteiger partial charge in [0.05, 0.1) is 11.7 Å². The van der Waals surface area contributed by atoms with Crippen molar-refractivity contribution in [1.29, 1.82) is 0 Å². The number of carbonyl (C=O) groups is 1. The maximum Gasteiger partial charge on any atom is 0.244 e. The minimum atomic E-state index is -0.208. The molecule has 0 aromatic carbocycles. The summed E-state index contributed by atoms with van der Waals surface area (Å²) in [6, 6.07) is 0.456. The molecular weight excluding hydrogens is 248 g/mol. The summed E-state index contributed by atoms with van der Waals surface area (Å²) >= 11 is 0. The molecular formula is C17H30N2O. The molecule has 4 unspecified atom stereocenters. The smallest absolute Gasteiger partial charge is 0.244 e. The molecule has 0 radical (unpaired) electrons. The molecule has 0 aromatic rings. The van der Waals surface area contributed by atoms with Crippen molar-refractivity contribution in [2.24, 2.45) is 17.8 Å². The van der Waals surface area contributed by atoms with E-state index in [0.29, 0.717) is 23.8 Å². The Balaban J connectivity index is 1.89. The monoisotopic (exact) mass is 278 g/mol. The number of nitrogens with zero attached hydrogens (tertiary/aromatic N) is 1. The highest BCUT2D eigenvalue weighted by Crippen LogP contribution is 2.43. The summed E-state index contributed by atoms with van der Waals surface area (Å²) in [5, 5.41) is 3.75. The van der Waals surface area contributed by atoms with Crippen LogP contribution in [0.15, 0.2) is 0 Å². The fraction of sp³-hybridized carbons (Fsp3) is 0.941. The summed E-state index contributed by atoms with van der Waals surface area (Å²) in [6.45, 7) is 9.17. The lowest BCUT2D eigenvalue weighted by atomic mass is 9.94. The first-order valence-corrected chi connectivity index (χ1v) is 8.57. The largest absolute Gasteiger partial charge is 0.322 e. The number of carbonyl (C=O) groups excluding carboxylic acids is 1. The van der Waals surface area contributed by atoms with Gasteiger partial charge in [0.1, 0.15) is 0 Å². The van der Waals surface area contributed by atoms with Crippen molar-refractivity contribution in [3.05, 3.63) is 0 Å². The SMILES string of the molecule is CC(C)C1NC2(CCCC2)C(=O)N1C1CCC(C)C1C. The van der Waals surface area contributed by atoms with Crippen LogP contribution in [-0.2, 0) is 4.79 Å². The highest BCUT2D eigenvalue weighted by Gasteiger charge is 2.56. The molecule has 3 heteroatoms. The summed E-state index contributed by atoms with van der Waals surface area (Å²) in [5.41, 5.74) is -0.208. The van der Waals surface area contributed by atoms with Crippen molar-refractivity contribution in [3.63, 3.8) is 0 Å². The van der Waals surface area contributed by atoms with Crippen LogP contribution >= 0.6 is 0 Å². The van der Waals surface area contributed by atoms with Gasteiger partial charge in [-0.3, -0.25) is 10.1 Å². The van der Waals surface area contributed by atoms with E-state index in [4.69, 9.17) is 0 Å². The zero-order valence-corrected chi connectivity index (χ0v) is 13.5. The number of rotatable bonds is 2. The lowest BCUT2D eigenvalue weighted by Crippen LogP contribution is -2.48. The highest BCUT2D eigenvalue weighted by atomic mass is 16.2.